The fraction of sp³-hybridized carbons (Fsp3) is 0.286. The fourth-order valence-electron chi connectivity index (χ4n) is 2.89. The topological polar surface area (TPSA) is 70.4 Å². The number of carbonyl (C=O) groups excluding carboxylic acids is 2. The van der Waals surface area contributed by atoms with Gasteiger partial charge in [-0.3, -0.25) is 4.79 Å². The second kappa shape index (κ2) is 9.00. The van der Waals surface area contributed by atoms with Crippen molar-refractivity contribution in [3.8, 4) is 10.6 Å². The highest BCUT2D eigenvalue weighted by molar-refractivity contribution is 7.13. The first-order valence-electron chi connectivity index (χ1n) is 9.08. The lowest BCUT2D eigenvalue weighted by Gasteiger charge is -2.09. The van der Waals surface area contributed by atoms with Crippen molar-refractivity contribution in [1.82, 2.24) is 9.55 Å². The van der Waals surface area contributed by atoms with Gasteiger partial charge in [0.05, 0.1) is 17.9 Å². The van der Waals surface area contributed by atoms with Crippen molar-refractivity contribution in [3.05, 3.63) is 64.2 Å². The SMILES string of the molecule is CCOC(=O)c1cc(C)n(CC(=O)OCc2csc(-c3ccc(F)cc3)n2)c1C. The molecule has 6 nitrogen and oxygen atoms in total. The van der Waals surface area contributed by atoms with Gasteiger partial charge in [0.25, 0.3) is 0 Å². The number of halogens is 1. The maximum absolute atomic E-state index is 13.0. The Hall–Kier alpha value is -3.00. The van der Waals surface area contributed by atoms with Crippen molar-refractivity contribution in [1.29, 1.82) is 0 Å². The summed E-state index contributed by atoms with van der Waals surface area (Å²) in [4.78, 5) is 28.7. The van der Waals surface area contributed by atoms with Crippen LogP contribution in [0, 0.1) is 19.7 Å². The molecule has 3 aromatic rings. The van der Waals surface area contributed by atoms with E-state index in [0.717, 1.165) is 16.3 Å². The molecule has 2 aromatic heterocycles. The van der Waals surface area contributed by atoms with Crippen molar-refractivity contribution in [2.75, 3.05) is 6.61 Å². The minimum Gasteiger partial charge on any atom is -0.462 e. The van der Waals surface area contributed by atoms with Crippen LogP contribution in [0.5, 0.6) is 0 Å². The van der Waals surface area contributed by atoms with Gasteiger partial charge in [-0.15, -0.1) is 11.3 Å². The zero-order valence-electron chi connectivity index (χ0n) is 16.4. The molecule has 1 aromatic carbocycles. The smallest absolute Gasteiger partial charge is 0.339 e. The van der Waals surface area contributed by atoms with Gasteiger partial charge in [-0.05, 0) is 51.1 Å². The standard InChI is InChI=1S/C21H21FN2O4S/c1-4-27-21(26)18-9-13(2)24(14(18)3)10-19(25)28-11-17-12-29-20(23-17)15-5-7-16(22)8-6-15/h5-9,12H,4,10-11H2,1-3H3. The molecule has 29 heavy (non-hydrogen) atoms. The number of rotatable bonds is 7. The lowest BCUT2D eigenvalue weighted by Crippen LogP contribution is -2.16. The Balaban J connectivity index is 1.61. The van der Waals surface area contributed by atoms with E-state index in [-0.39, 0.29) is 25.6 Å². The monoisotopic (exact) mass is 416 g/mol. The molecule has 152 valence electrons. The minimum absolute atomic E-state index is 0.00791. The molecule has 8 heteroatoms. The van der Waals surface area contributed by atoms with Crippen LogP contribution in [-0.2, 0) is 27.4 Å². The highest BCUT2D eigenvalue weighted by Gasteiger charge is 2.18. The molecule has 0 amide bonds. The number of benzene rings is 1. The highest BCUT2D eigenvalue weighted by atomic mass is 32.1. The predicted octanol–water partition coefficient (Wildman–Crippen LogP) is 4.29. The summed E-state index contributed by atoms with van der Waals surface area (Å²) < 4.78 is 25.1. The summed E-state index contributed by atoms with van der Waals surface area (Å²) >= 11 is 1.40. The Labute approximate surface area is 171 Å². The minimum atomic E-state index is -0.432. The van der Waals surface area contributed by atoms with Crippen LogP contribution in [0.1, 0.15) is 34.4 Å². The first-order chi connectivity index (χ1) is 13.9. The van der Waals surface area contributed by atoms with Crippen LogP contribution >= 0.6 is 11.3 Å². The van der Waals surface area contributed by atoms with Crippen LogP contribution in [0.15, 0.2) is 35.7 Å². The second-order valence-corrected chi connectivity index (χ2v) is 7.26. The highest BCUT2D eigenvalue weighted by Crippen LogP contribution is 2.24. The molecule has 0 saturated heterocycles. The molecule has 3 rings (SSSR count). The third-order valence-electron chi connectivity index (χ3n) is 4.38. The van der Waals surface area contributed by atoms with Crippen molar-refractivity contribution in [3.63, 3.8) is 0 Å². The molecule has 0 aliphatic carbocycles. The third kappa shape index (κ3) is 4.89. The molecule has 0 atom stereocenters. The molecular formula is C21H21FN2O4S. The van der Waals surface area contributed by atoms with Gasteiger partial charge in [-0.25, -0.2) is 14.2 Å². The van der Waals surface area contributed by atoms with Crippen LogP contribution in [0.3, 0.4) is 0 Å². The Bertz CT molecular complexity index is 1020. The fourth-order valence-corrected chi connectivity index (χ4v) is 3.70. The van der Waals surface area contributed by atoms with Crippen LogP contribution in [0.2, 0.25) is 0 Å². The predicted molar refractivity (Wildman–Crippen MR) is 107 cm³/mol. The summed E-state index contributed by atoms with van der Waals surface area (Å²) in [6.07, 6.45) is 0. The number of ether oxygens (including phenoxy) is 2. The molecule has 0 aliphatic rings. The van der Waals surface area contributed by atoms with Gasteiger partial charge in [0.1, 0.15) is 24.0 Å². The van der Waals surface area contributed by atoms with E-state index in [1.807, 2.05) is 6.92 Å². The Morgan fingerprint density at radius 1 is 1.17 bits per heavy atom. The van der Waals surface area contributed by atoms with Gasteiger partial charge < -0.3 is 14.0 Å². The lowest BCUT2D eigenvalue weighted by molar-refractivity contribution is -0.145. The maximum atomic E-state index is 13.0. The summed E-state index contributed by atoms with van der Waals surface area (Å²) in [7, 11) is 0. The second-order valence-electron chi connectivity index (χ2n) is 6.40. The number of esters is 2. The molecular weight excluding hydrogens is 395 g/mol. The summed E-state index contributed by atoms with van der Waals surface area (Å²) in [5.74, 6) is -1.14. The van der Waals surface area contributed by atoms with Crippen LogP contribution in [-0.4, -0.2) is 28.1 Å². The van der Waals surface area contributed by atoms with Gasteiger partial charge in [0.15, 0.2) is 0 Å². The normalized spacial score (nSPS) is 10.8. The molecule has 2 heterocycles. The van der Waals surface area contributed by atoms with E-state index in [1.165, 1.54) is 23.5 Å². The number of thiazole rings is 1. The van der Waals surface area contributed by atoms with Crippen LogP contribution in [0.25, 0.3) is 10.6 Å². The van der Waals surface area contributed by atoms with E-state index in [0.29, 0.717) is 17.0 Å². The quantitative estimate of drug-likeness (QED) is 0.538. The first kappa shape index (κ1) is 20.7. The van der Waals surface area contributed by atoms with Gasteiger partial charge in [-0.2, -0.15) is 0 Å². The van der Waals surface area contributed by atoms with E-state index in [1.54, 1.807) is 42.0 Å². The average molecular weight is 416 g/mol. The number of hydrogen-bond acceptors (Lipinski definition) is 6. The summed E-state index contributed by atoms with van der Waals surface area (Å²) in [5, 5.41) is 2.53. The zero-order chi connectivity index (χ0) is 21.0. The van der Waals surface area contributed by atoms with Crippen molar-refractivity contribution in [2.45, 2.75) is 33.9 Å². The first-order valence-corrected chi connectivity index (χ1v) is 9.96. The van der Waals surface area contributed by atoms with E-state index in [4.69, 9.17) is 9.47 Å². The van der Waals surface area contributed by atoms with Crippen molar-refractivity contribution in [2.24, 2.45) is 0 Å². The van der Waals surface area contributed by atoms with Gasteiger partial charge in [0.2, 0.25) is 0 Å². The summed E-state index contributed by atoms with van der Waals surface area (Å²) in [5.41, 5.74) is 3.30. The lowest BCUT2D eigenvalue weighted by atomic mass is 10.2. The number of aromatic nitrogens is 2. The molecule has 0 radical (unpaired) electrons. The van der Waals surface area contributed by atoms with E-state index >= 15 is 0 Å². The van der Waals surface area contributed by atoms with Crippen molar-refractivity contribution >= 4 is 23.3 Å². The van der Waals surface area contributed by atoms with E-state index < -0.39 is 11.9 Å². The Kier molecular flexibility index (Phi) is 6.43. The Morgan fingerprint density at radius 2 is 1.90 bits per heavy atom. The van der Waals surface area contributed by atoms with Gasteiger partial charge in [0, 0.05) is 22.3 Å². The number of aryl methyl sites for hydroxylation is 1. The number of carbonyl (C=O) groups is 2. The van der Waals surface area contributed by atoms with Crippen LogP contribution in [0.4, 0.5) is 4.39 Å². The largest absolute Gasteiger partial charge is 0.462 e. The average Bonchev–Trinajstić information content (AvgIpc) is 3.27. The summed E-state index contributed by atoms with van der Waals surface area (Å²) in [6, 6.07) is 7.77. The van der Waals surface area contributed by atoms with E-state index in [9.17, 15) is 14.0 Å². The third-order valence-corrected chi connectivity index (χ3v) is 5.32. The number of nitrogens with zero attached hydrogens (tertiary/aromatic N) is 2. The van der Waals surface area contributed by atoms with Gasteiger partial charge >= 0.3 is 11.9 Å². The van der Waals surface area contributed by atoms with Crippen molar-refractivity contribution < 1.29 is 23.5 Å². The van der Waals surface area contributed by atoms with E-state index in [2.05, 4.69) is 4.98 Å². The summed E-state index contributed by atoms with van der Waals surface area (Å²) in [6.45, 7) is 5.65. The molecule has 0 fully saturated rings. The molecule has 0 N–H and O–H groups in total. The molecule has 0 bridgehead atoms. The molecule has 0 unspecified atom stereocenters. The molecule has 0 spiro atoms. The van der Waals surface area contributed by atoms with Gasteiger partial charge in [-0.1, -0.05) is 0 Å². The van der Waals surface area contributed by atoms with Crippen LogP contribution < -0.4 is 0 Å². The maximum Gasteiger partial charge on any atom is 0.339 e. The number of hydrogen-bond donors (Lipinski definition) is 0. The molecule has 0 saturated carbocycles. The zero-order valence-corrected chi connectivity index (χ0v) is 17.2. The Morgan fingerprint density at radius 3 is 2.59 bits per heavy atom. The molecule has 0 aliphatic heterocycles.